The third-order valence-electron chi connectivity index (χ3n) is 1.88. The summed E-state index contributed by atoms with van der Waals surface area (Å²) >= 11 is 0. The lowest BCUT2D eigenvalue weighted by Crippen LogP contribution is -2.04. The first-order valence-corrected chi connectivity index (χ1v) is 3.62. The second kappa shape index (κ2) is 3.25. The summed E-state index contributed by atoms with van der Waals surface area (Å²) in [5.41, 5.74) is 0.839. The molecule has 1 rings (SSSR count). The predicted octanol–water partition coefficient (Wildman–Crippen LogP) is 2.01. The second-order valence-corrected chi connectivity index (χ2v) is 2.68. The van der Waals surface area contributed by atoms with Crippen molar-refractivity contribution in [2.75, 3.05) is 7.11 Å². The van der Waals surface area contributed by atoms with Gasteiger partial charge in [0.2, 0.25) is 0 Å². The van der Waals surface area contributed by atoms with Crippen LogP contribution in [0.25, 0.3) is 0 Å². The van der Waals surface area contributed by atoms with Gasteiger partial charge >= 0.3 is 0 Å². The quantitative estimate of drug-likeness (QED) is 0.571. The second-order valence-electron chi connectivity index (χ2n) is 2.68. The van der Waals surface area contributed by atoms with E-state index in [2.05, 4.69) is 6.07 Å². The van der Waals surface area contributed by atoms with Gasteiger partial charge in [0, 0.05) is 12.0 Å². The predicted molar refractivity (Wildman–Crippen MR) is 42.6 cm³/mol. The van der Waals surface area contributed by atoms with Crippen molar-refractivity contribution in [1.82, 2.24) is 0 Å². The Hall–Kier alpha value is -1.23. The average molecular weight is 149 g/mol. The lowest BCUT2D eigenvalue weighted by atomic mass is 9.93. The van der Waals surface area contributed by atoms with E-state index < -0.39 is 0 Å². The first kappa shape index (κ1) is 7.87. The van der Waals surface area contributed by atoms with Gasteiger partial charge in [-0.2, -0.15) is 5.26 Å². The molecular formula is C9H11NO. The molecule has 0 saturated carbocycles. The van der Waals surface area contributed by atoms with E-state index in [0.717, 1.165) is 17.8 Å². The van der Waals surface area contributed by atoms with Crippen molar-refractivity contribution in [3.8, 4) is 6.07 Å². The minimum atomic E-state index is 0.306. The Kier molecular flexibility index (Phi) is 2.32. The molecule has 0 fully saturated rings. The molecule has 0 spiro atoms. The largest absolute Gasteiger partial charge is 0.501 e. The molecule has 0 saturated heterocycles. The maximum Gasteiger partial charge on any atom is 0.0962 e. The Labute approximate surface area is 66.8 Å². The van der Waals surface area contributed by atoms with Gasteiger partial charge in [-0.1, -0.05) is 6.92 Å². The minimum absolute atomic E-state index is 0.306. The smallest absolute Gasteiger partial charge is 0.0962 e. The van der Waals surface area contributed by atoms with Crippen LogP contribution in [0.3, 0.4) is 0 Å². The van der Waals surface area contributed by atoms with Crippen LogP contribution < -0.4 is 0 Å². The number of hydrogen-bond acceptors (Lipinski definition) is 2. The zero-order chi connectivity index (χ0) is 8.27. The molecule has 0 unspecified atom stereocenters. The summed E-state index contributed by atoms with van der Waals surface area (Å²) in [5, 5.41) is 8.63. The van der Waals surface area contributed by atoms with Crippen molar-refractivity contribution in [3.63, 3.8) is 0 Å². The molecular weight excluding hydrogens is 138 g/mol. The minimum Gasteiger partial charge on any atom is -0.501 e. The number of nitrogens with zero attached hydrogens (tertiary/aromatic N) is 1. The first-order valence-electron chi connectivity index (χ1n) is 3.62. The summed E-state index contributed by atoms with van der Waals surface area (Å²) in [7, 11) is 1.66. The van der Waals surface area contributed by atoms with Crippen LogP contribution >= 0.6 is 0 Å². The van der Waals surface area contributed by atoms with Crippen LogP contribution in [0.5, 0.6) is 0 Å². The molecule has 0 aliphatic heterocycles. The lowest BCUT2D eigenvalue weighted by Gasteiger charge is -2.15. The van der Waals surface area contributed by atoms with E-state index in [1.165, 1.54) is 0 Å². The SMILES string of the molecule is COC1=CC=C(C#N)[C@H](C)C1. The van der Waals surface area contributed by atoms with Gasteiger partial charge in [-0.15, -0.1) is 0 Å². The Morgan fingerprint density at radius 2 is 2.36 bits per heavy atom. The third kappa shape index (κ3) is 1.62. The number of methoxy groups -OCH3 is 1. The summed E-state index contributed by atoms with van der Waals surface area (Å²) in [5.74, 6) is 1.26. The van der Waals surface area contributed by atoms with Gasteiger partial charge in [0.15, 0.2) is 0 Å². The number of ether oxygens (including phenoxy) is 1. The molecule has 0 aromatic heterocycles. The molecule has 0 N–H and O–H groups in total. The molecule has 0 amide bonds. The fraction of sp³-hybridized carbons (Fsp3) is 0.444. The molecule has 0 radical (unpaired) electrons. The van der Waals surface area contributed by atoms with Gasteiger partial charge in [-0.3, -0.25) is 0 Å². The highest BCUT2D eigenvalue weighted by atomic mass is 16.5. The Morgan fingerprint density at radius 3 is 2.82 bits per heavy atom. The monoisotopic (exact) mass is 149 g/mol. The van der Waals surface area contributed by atoms with Crippen LogP contribution in [-0.4, -0.2) is 7.11 Å². The van der Waals surface area contributed by atoms with Crippen LogP contribution in [0.4, 0.5) is 0 Å². The summed E-state index contributed by atoms with van der Waals surface area (Å²) in [4.78, 5) is 0. The number of nitriles is 1. The van der Waals surface area contributed by atoms with Crippen LogP contribution in [0, 0.1) is 17.2 Å². The van der Waals surface area contributed by atoms with Crippen LogP contribution in [0.1, 0.15) is 13.3 Å². The molecule has 0 aromatic carbocycles. The molecule has 1 aliphatic carbocycles. The van der Waals surface area contributed by atoms with Gasteiger partial charge in [0.05, 0.1) is 18.9 Å². The molecule has 1 aliphatic rings. The van der Waals surface area contributed by atoms with Crippen molar-refractivity contribution in [2.24, 2.45) is 5.92 Å². The molecule has 0 bridgehead atoms. The van der Waals surface area contributed by atoms with E-state index >= 15 is 0 Å². The van der Waals surface area contributed by atoms with Crippen molar-refractivity contribution in [2.45, 2.75) is 13.3 Å². The Morgan fingerprint density at radius 1 is 1.64 bits per heavy atom. The van der Waals surface area contributed by atoms with Crippen LogP contribution in [0.2, 0.25) is 0 Å². The zero-order valence-electron chi connectivity index (χ0n) is 6.79. The summed E-state index contributed by atoms with van der Waals surface area (Å²) in [6.07, 6.45) is 4.53. The highest BCUT2D eigenvalue weighted by molar-refractivity contribution is 5.32. The van der Waals surface area contributed by atoms with E-state index in [0.29, 0.717) is 5.92 Å². The molecule has 0 aromatic rings. The topological polar surface area (TPSA) is 33.0 Å². The van der Waals surface area contributed by atoms with Gasteiger partial charge in [-0.25, -0.2) is 0 Å². The van der Waals surface area contributed by atoms with E-state index in [9.17, 15) is 0 Å². The maximum atomic E-state index is 8.63. The Bertz CT molecular complexity index is 245. The van der Waals surface area contributed by atoms with Crippen molar-refractivity contribution < 1.29 is 4.74 Å². The fourth-order valence-electron chi connectivity index (χ4n) is 1.13. The number of hydrogen-bond donors (Lipinski definition) is 0. The van der Waals surface area contributed by atoms with Gasteiger partial charge in [0.1, 0.15) is 0 Å². The van der Waals surface area contributed by atoms with Gasteiger partial charge in [-0.05, 0) is 18.1 Å². The van der Waals surface area contributed by atoms with Crippen LogP contribution in [0.15, 0.2) is 23.5 Å². The number of allylic oxidation sites excluding steroid dienone is 4. The van der Waals surface area contributed by atoms with Crippen molar-refractivity contribution >= 4 is 0 Å². The normalized spacial score (nSPS) is 23.2. The Balaban J connectivity index is 2.79. The first-order chi connectivity index (χ1) is 5.27. The van der Waals surface area contributed by atoms with Crippen molar-refractivity contribution in [1.29, 1.82) is 5.26 Å². The van der Waals surface area contributed by atoms with Crippen molar-refractivity contribution in [3.05, 3.63) is 23.5 Å². The molecule has 2 heteroatoms. The third-order valence-corrected chi connectivity index (χ3v) is 1.88. The van der Waals surface area contributed by atoms with E-state index in [4.69, 9.17) is 10.00 Å². The lowest BCUT2D eigenvalue weighted by molar-refractivity contribution is 0.266. The van der Waals surface area contributed by atoms with Gasteiger partial charge < -0.3 is 4.74 Å². The standard InChI is InChI=1S/C9H11NO/c1-7-5-9(11-2)4-3-8(7)6-10/h3-4,7H,5H2,1-2H3/t7-/m1/s1. The summed E-state index contributed by atoms with van der Waals surface area (Å²) in [6.45, 7) is 2.03. The van der Waals surface area contributed by atoms with E-state index in [1.807, 2.05) is 19.1 Å². The van der Waals surface area contributed by atoms with E-state index in [1.54, 1.807) is 7.11 Å². The molecule has 0 heterocycles. The molecule has 11 heavy (non-hydrogen) atoms. The summed E-state index contributed by atoms with van der Waals surface area (Å²) in [6, 6.07) is 2.16. The highest BCUT2D eigenvalue weighted by Gasteiger charge is 2.14. The molecule has 1 atom stereocenters. The fourth-order valence-corrected chi connectivity index (χ4v) is 1.13. The number of rotatable bonds is 1. The summed E-state index contributed by atoms with van der Waals surface area (Å²) < 4.78 is 5.06. The maximum absolute atomic E-state index is 8.63. The van der Waals surface area contributed by atoms with Crippen LogP contribution in [-0.2, 0) is 4.74 Å². The van der Waals surface area contributed by atoms with Gasteiger partial charge in [0.25, 0.3) is 0 Å². The molecule has 58 valence electrons. The van der Waals surface area contributed by atoms with E-state index in [-0.39, 0.29) is 0 Å². The molecule has 2 nitrogen and oxygen atoms in total. The zero-order valence-corrected chi connectivity index (χ0v) is 6.79. The highest BCUT2D eigenvalue weighted by Crippen LogP contribution is 2.23. The average Bonchev–Trinajstić information content (AvgIpc) is 2.04.